The van der Waals surface area contributed by atoms with Crippen molar-refractivity contribution in [3.8, 4) is 0 Å². The van der Waals surface area contributed by atoms with E-state index in [2.05, 4.69) is 11.9 Å². The fourth-order valence-corrected chi connectivity index (χ4v) is 1.50. The lowest BCUT2D eigenvalue weighted by Gasteiger charge is -1.88. The van der Waals surface area contributed by atoms with Crippen molar-refractivity contribution in [2.24, 2.45) is 0 Å². The van der Waals surface area contributed by atoms with Gasteiger partial charge in [-0.3, -0.25) is 0 Å². The predicted molar refractivity (Wildman–Crippen MR) is 47.4 cm³/mol. The third-order valence-electron chi connectivity index (χ3n) is 2.18. The van der Waals surface area contributed by atoms with Gasteiger partial charge in [0.25, 0.3) is 0 Å². The summed E-state index contributed by atoms with van der Waals surface area (Å²) in [5, 5.41) is 0. The summed E-state index contributed by atoms with van der Waals surface area (Å²) in [5.74, 6) is 2.80. The summed E-state index contributed by atoms with van der Waals surface area (Å²) in [4.78, 5) is 4.41. The Bertz CT molecular complexity index is 257. The van der Waals surface area contributed by atoms with Gasteiger partial charge in [-0.2, -0.15) is 0 Å². The van der Waals surface area contributed by atoms with Gasteiger partial charge >= 0.3 is 0 Å². The summed E-state index contributed by atoms with van der Waals surface area (Å²) in [6.45, 7) is 2.07. The van der Waals surface area contributed by atoms with Gasteiger partial charge in [0, 0.05) is 5.92 Å². The monoisotopic (exact) mass is 185 g/mol. The highest BCUT2D eigenvalue weighted by Crippen LogP contribution is 2.40. The van der Waals surface area contributed by atoms with E-state index in [4.69, 9.17) is 16.0 Å². The molecular formula is C9H12ClNO. The quantitative estimate of drug-likeness (QED) is 0.677. The zero-order valence-corrected chi connectivity index (χ0v) is 7.90. The van der Waals surface area contributed by atoms with E-state index in [1.54, 1.807) is 0 Å². The standard InChI is InChI=1S/C9H12ClNO/c1-2-7-8(5-10)12-9(11-7)6-3-4-6/h6H,2-5H2,1H3. The van der Waals surface area contributed by atoms with Gasteiger partial charge in [-0.25, -0.2) is 4.98 Å². The second kappa shape index (κ2) is 3.09. The number of oxazole rings is 1. The van der Waals surface area contributed by atoms with Crippen LogP contribution >= 0.6 is 11.6 Å². The molecule has 1 heterocycles. The van der Waals surface area contributed by atoms with Gasteiger partial charge in [0.1, 0.15) is 5.76 Å². The van der Waals surface area contributed by atoms with Crippen LogP contribution in [0.2, 0.25) is 0 Å². The Labute approximate surface area is 76.9 Å². The third-order valence-corrected chi connectivity index (χ3v) is 2.42. The summed E-state index contributed by atoms with van der Waals surface area (Å²) in [6.07, 6.45) is 3.37. The number of rotatable bonds is 3. The summed E-state index contributed by atoms with van der Waals surface area (Å²) in [5.41, 5.74) is 1.03. The predicted octanol–water partition coefficient (Wildman–Crippen LogP) is 2.85. The highest BCUT2D eigenvalue weighted by atomic mass is 35.5. The smallest absolute Gasteiger partial charge is 0.197 e. The van der Waals surface area contributed by atoms with E-state index in [-0.39, 0.29) is 0 Å². The summed E-state index contributed by atoms with van der Waals surface area (Å²) in [6, 6.07) is 0. The Morgan fingerprint density at radius 3 is 2.75 bits per heavy atom. The maximum Gasteiger partial charge on any atom is 0.197 e. The molecule has 3 heteroatoms. The van der Waals surface area contributed by atoms with Gasteiger partial charge < -0.3 is 4.42 Å². The minimum atomic E-state index is 0.447. The normalized spacial score (nSPS) is 16.8. The second-order valence-electron chi connectivity index (χ2n) is 3.18. The van der Waals surface area contributed by atoms with Crippen LogP contribution in [0.1, 0.15) is 43.0 Å². The highest BCUT2D eigenvalue weighted by molar-refractivity contribution is 6.16. The molecule has 66 valence electrons. The van der Waals surface area contributed by atoms with Gasteiger partial charge in [-0.1, -0.05) is 6.92 Å². The molecule has 0 unspecified atom stereocenters. The van der Waals surface area contributed by atoms with Crippen LogP contribution in [0.4, 0.5) is 0 Å². The van der Waals surface area contributed by atoms with Gasteiger partial charge in [0.15, 0.2) is 5.89 Å². The lowest BCUT2D eigenvalue weighted by atomic mass is 10.3. The average Bonchev–Trinajstić information content (AvgIpc) is 2.85. The zero-order chi connectivity index (χ0) is 8.55. The fraction of sp³-hybridized carbons (Fsp3) is 0.667. The van der Waals surface area contributed by atoms with Gasteiger partial charge in [-0.15, -0.1) is 11.6 Å². The molecule has 1 aromatic heterocycles. The van der Waals surface area contributed by atoms with Crippen LogP contribution in [-0.2, 0) is 12.3 Å². The van der Waals surface area contributed by atoms with Gasteiger partial charge in [0.05, 0.1) is 11.6 Å². The molecule has 0 radical (unpaired) electrons. The van der Waals surface area contributed by atoms with Crippen molar-refractivity contribution in [1.29, 1.82) is 0 Å². The Morgan fingerprint density at radius 2 is 2.33 bits per heavy atom. The number of halogens is 1. The van der Waals surface area contributed by atoms with Crippen LogP contribution in [0, 0.1) is 0 Å². The Hall–Kier alpha value is -0.500. The lowest BCUT2D eigenvalue weighted by molar-refractivity contribution is 0.468. The molecular weight excluding hydrogens is 174 g/mol. The van der Waals surface area contributed by atoms with Crippen molar-refractivity contribution in [2.75, 3.05) is 0 Å². The number of aryl methyl sites for hydroxylation is 1. The Kier molecular flexibility index (Phi) is 2.09. The summed E-state index contributed by atoms with van der Waals surface area (Å²) in [7, 11) is 0. The van der Waals surface area contributed by atoms with Crippen molar-refractivity contribution < 1.29 is 4.42 Å². The van der Waals surface area contributed by atoms with E-state index >= 15 is 0 Å². The van der Waals surface area contributed by atoms with Crippen LogP contribution in [0.25, 0.3) is 0 Å². The van der Waals surface area contributed by atoms with Crippen molar-refractivity contribution in [1.82, 2.24) is 4.98 Å². The van der Waals surface area contributed by atoms with Crippen molar-refractivity contribution in [3.63, 3.8) is 0 Å². The van der Waals surface area contributed by atoms with Crippen molar-refractivity contribution in [2.45, 2.75) is 38.0 Å². The first kappa shape index (κ1) is 8.11. The topological polar surface area (TPSA) is 26.0 Å². The third kappa shape index (κ3) is 1.36. The molecule has 1 aromatic rings. The molecule has 2 nitrogen and oxygen atoms in total. The lowest BCUT2D eigenvalue weighted by Crippen LogP contribution is -1.85. The number of aromatic nitrogens is 1. The molecule has 12 heavy (non-hydrogen) atoms. The molecule has 1 aliphatic carbocycles. The van der Waals surface area contributed by atoms with Crippen molar-refractivity contribution >= 4 is 11.6 Å². The van der Waals surface area contributed by atoms with Gasteiger partial charge in [-0.05, 0) is 19.3 Å². The van der Waals surface area contributed by atoms with E-state index in [1.165, 1.54) is 12.8 Å². The molecule has 2 rings (SSSR count). The maximum absolute atomic E-state index is 5.72. The molecule has 0 N–H and O–H groups in total. The molecule has 1 aliphatic rings. The van der Waals surface area contributed by atoms with Crippen molar-refractivity contribution in [3.05, 3.63) is 17.3 Å². The first-order valence-electron chi connectivity index (χ1n) is 4.39. The summed E-state index contributed by atoms with van der Waals surface area (Å²) >= 11 is 5.72. The average molecular weight is 186 g/mol. The van der Waals surface area contributed by atoms with Gasteiger partial charge in [0.2, 0.25) is 0 Å². The minimum absolute atomic E-state index is 0.447. The van der Waals surface area contributed by atoms with Crippen LogP contribution in [0.15, 0.2) is 4.42 Å². The first-order chi connectivity index (χ1) is 5.85. The zero-order valence-electron chi connectivity index (χ0n) is 7.14. The largest absolute Gasteiger partial charge is 0.444 e. The molecule has 0 spiro atoms. The second-order valence-corrected chi connectivity index (χ2v) is 3.45. The van der Waals surface area contributed by atoms with Crippen LogP contribution in [0.5, 0.6) is 0 Å². The maximum atomic E-state index is 5.72. The molecule has 0 bridgehead atoms. The van der Waals surface area contributed by atoms with Crippen LogP contribution in [0.3, 0.4) is 0 Å². The van der Waals surface area contributed by atoms with Crippen LogP contribution in [-0.4, -0.2) is 4.98 Å². The summed E-state index contributed by atoms with van der Waals surface area (Å²) < 4.78 is 5.54. The molecule has 0 amide bonds. The molecule has 0 aromatic carbocycles. The first-order valence-corrected chi connectivity index (χ1v) is 4.93. The molecule has 1 fully saturated rings. The molecule has 0 saturated heterocycles. The fourth-order valence-electron chi connectivity index (χ4n) is 1.29. The van der Waals surface area contributed by atoms with E-state index in [9.17, 15) is 0 Å². The number of hydrogen-bond donors (Lipinski definition) is 0. The molecule has 0 aliphatic heterocycles. The number of nitrogens with zero attached hydrogens (tertiary/aromatic N) is 1. The van der Waals surface area contributed by atoms with E-state index in [0.29, 0.717) is 11.8 Å². The highest BCUT2D eigenvalue weighted by Gasteiger charge is 2.29. The van der Waals surface area contributed by atoms with E-state index in [1.807, 2.05) is 0 Å². The number of alkyl halides is 1. The van der Waals surface area contributed by atoms with E-state index in [0.717, 1.165) is 23.8 Å². The Morgan fingerprint density at radius 1 is 1.58 bits per heavy atom. The minimum Gasteiger partial charge on any atom is -0.444 e. The SMILES string of the molecule is CCc1nc(C2CC2)oc1CCl. The number of hydrogen-bond acceptors (Lipinski definition) is 2. The van der Waals surface area contributed by atoms with E-state index < -0.39 is 0 Å². The molecule has 0 atom stereocenters. The molecule has 1 saturated carbocycles. The van der Waals surface area contributed by atoms with Crippen LogP contribution < -0.4 is 0 Å². The Balaban J connectivity index is 2.27.